The van der Waals surface area contributed by atoms with Crippen LogP contribution in [-0.4, -0.2) is 46.6 Å². The summed E-state index contributed by atoms with van der Waals surface area (Å²) in [5.74, 6) is 0.628. The van der Waals surface area contributed by atoms with Crippen molar-refractivity contribution < 1.29 is 9.53 Å². The number of fused-ring (bicyclic) bond motifs is 1. The molecule has 2 aliphatic rings. The van der Waals surface area contributed by atoms with Crippen LogP contribution in [0.4, 0.5) is 5.82 Å². The first kappa shape index (κ1) is 16.0. The number of hydrogen-bond acceptors (Lipinski definition) is 5. The maximum atomic E-state index is 12.8. The van der Waals surface area contributed by atoms with Crippen LogP contribution in [0.2, 0.25) is 0 Å². The van der Waals surface area contributed by atoms with Crippen LogP contribution in [-0.2, 0) is 17.7 Å². The number of aromatic nitrogens is 2. The Hall–Kier alpha value is -2.47. The predicted octanol–water partition coefficient (Wildman–Crippen LogP) is 2.27. The summed E-state index contributed by atoms with van der Waals surface area (Å²) in [6.45, 7) is 2.90. The summed E-state index contributed by atoms with van der Waals surface area (Å²) >= 11 is 0. The van der Waals surface area contributed by atoms with Crippen LogP contribution >= 0.6 is 0 Å². The number of nitrogens with zero attached hydrogens (tertiary/aromatic N) is 3. The van der Waals surface area contributed by atoms with Crippen LogP contribution in [0.25, 0.3) is 0 Å². The molecule has 0 aliphatic carbocycles. The average Bonchev–Trinajstić information content (AvgIpc) is 3.19. The first-order valence-corrected chi connectivity index (χ1v) is 8.83. The quantitative estimate of drug-likeness (QED) is 0.926. The molecule has 6 heteroatoms. The molecule has 4 rings (SSSR count). The van der Waals surface area contributed by atoms with Crippen molar-refractivity contribution in [2.45, 2.75) is 31.9 Å². The lowest BCUT2D eigenvalue weighted by Gasteiger charge is -2.28. The molecule has 1 aromatic carbocycles. The van der Waals surface area contributed by atoms with Gasteiger partial charge in [-0.2, -0.15) is 0 Å². The van der Waals surface area contributed by atoms with E-state index in [2.05, 4.69) is 27.4 Å². The molecule has 130 valence electrons. The van der Waals surface area contributed by atoms with Gasteiger partial charge in [0, 0.05) is 32.3 Å². The summed E-state index contributed by atoms with van der Waals surface area (Å²) in [5.41, 5.74) is 2.98. The molecule has 3 heterocycles. The minimum Gasteiger partial charge on any atom is -0.376 e. The van der Waals surface area contributed by atoms with Gasteiger partial charge in [0.25, 0.3) is 5.91 Å². The van der Waals surface area contributed by atoms with Crippen molar-refractivity contribution in [3.63, 3.8) is 0 Å². The molecule has 1 amide bonds. The second-order valence-electron chi connectivity index (χ2n) is 6.55. The van der Waals surface area contributed by atoms with E-state index in [0.29, 0.717) is 24.6 Å². The Morgan fingerprint density at radius 2 is 2.16 bits per heavy atom. The Morgan fingerprint density at radius 3 is 3.00 bits per heavy atom. The highest BCUT2D eigenvalue weighted by molar-refractivity contribution is 5.93. The monoisotopic (exact) mass is 338 g/mol. The van der Waals surface area contributed by atoms with Crippen molar-refractivity contribution >= 4 is 11.7 Å². The Balaban J connectivity index is 1.42. The molecule has 25 heavy (non-hydrogen) atoms. The smallest absolute Gasteiger partial charge is 0.272 e. The third-order valence-electron chi connectivity index (χ3n) is 4.84. The molecule has 0 spiro atoms. The van der Waals surface area contributed by atoms with E-state index in [1.807, 2.05) is 17.0 Å². The fraction of sp³-hybridized carbons (Fsp3) is 0.421. The van der Waals surface area contributed by atoms with Crippen LogP contribution in [0.15, 0.2) is 36.7 Å². The molecule has 1 fully saturated rings. The number of benzene rings is 1. The van der Waals surface area contributed by atoms with Crippen molar-refractivity contribution in [1.29, 1.82) is 0 Å². The molecule has 2 aromatic rings. The molecule has 0 radical (unpaired) electrons. The van der Waals surface area contributed by atoms with E-state index < -0.39 is 0 Å². The zero-order chi connectivity index (χ0) is 17.1. The van der Waals surface area contributed by atoms with Gasteiger partial charge in [-0.05, 0) is 30.4 Å². The maximum absolute atomic E-state index is 12.8. The lowest BCUT2D eigenvalue weighted by atomic mass is 10.00. The van der Waals surface area contributed by atoms with Crippen molar-refractivity contribution in [2.24, 2.45) is 0 Å². The predicted molar refractivity (Wildman–Crippen MR) is 94.4 cm³/mol. The van der Waals surface area contributed by atoms with Crippen LogP contribution in [0.3, 0.4) is 0 Å². The summed E-state index contributed by atoms with van der Waals surface area (Å²) in [6, 6.07) is 10.0. The minimum atomic E-state index is -0.0444. The lowest BCUT2D eigenvalue weighted by molar-refractivity contribution is 0.0728. The number of ether oxygens (including phenoxy) is 1. The van der Waals surface area contributed by atoms with E-state index in [1.165, 1.54) is 17.5 Å². The van der Waals surface area contributed by atoms with Gasteiger partial charge < -0.3 is 15.0 Å². The van der Waals surface area contributed by atoms with E-state index in [1.54, 1.807) is 6.07 Å². The van der Waals surface area contributed by atoms with Gasteiger partial charge in [0.15, 0.2) is 0 Å². The van der Waals surface area contributed by atoms with Crippen LogP contribution in [0.1, 0.15) is 34.5 Å². The first-order valence-electron chi connectivity index (χ1n) is 8.83. The lowest BCUT2D eigenvalue weighted by Crippen LogP contribution is -2.36. The Morgan fingerprint density at radius 1 is 1.28 bits per heavy atom. The van der Waals surface area contributed by atoms with Crippen molar-refractivity contribution in [2.75, 3.05) is 25.0 Å². The molecule has 0 saturated carbocycles. The van der Waals surface area contributed by atoms with Gasteiger partial charge in [-0.3, -0.25) is 4.79 Å². The number of nitrogens with one attached hydrogen (secondary N) is 1. The minimum absolute atomic E-state index is 0.0444. The number of amides is 1. The van der Waals surface area contributed by atoms with E-state index >= 15 is 0 Å². The molecule has 2 aliphatic heterocycles. The van der Waals surface area contributed by atoms with Gasteiger partial charge in [0.05, 0.1) is 6.10 Å². The van der Waals surface area contributed by atoms with E-state index in [4.69, 9.17) is 4.74 Å². The molecular weight excluding hydrogens is 316 g/mol. The molecule has 1 unspecified atom stereocenters. The zero-order valence-electron chi connectivity index (χ0n) is 14.1. The number of hydrogen-bond donors (Lipinski definition) is 1. The fourth-order valence-corrected chi connectivity index (χ4v) is 3.43. The first-order chi connectivity index (χ1) is 12.3. The van der Waals surface area contributed by atoms with Crippen LogP contribution < -0.4 is 5.32 Å². The van der Waals surface area contributed by atoms with Crippen molar-refractivity contribution in [1.82, 2.24) is 14.9 Å². The molecule has 1 N–H and O–H groups in total. The number of carbonyl (C=O) groups excluding carboxylic acids is 1. The second kappa shape index (κ2) is 7.19. The maximum Gasteiger partial charge on any atom is 0.272 e. The van der Waals surface area contributed by atoms with Gasteiger partial charge in [0.1, 0.15) is 17.8 Å². The molecule has 0 bridgehead atoms. The number of carbonyl (C=O) groups is 1. The van der Waals surface area contributed by atoms with Gasteiger partial charge in [0.2, 0.25) is 0 Å². The normalized spacial score (nSPS) is 19.5. The highest BCUT2D eigenvalue weighted by Crippen LogP contribution is 2.20. The molecule has 1 atom stereocenters. The van der Waals surface area contributed by atoms with E-state index in [0.717, 1.165) is 32.4 Å². The second-order valence-corrected chi connectivity index (χ2v) is 6.55. The van der Waals surface area contributed by atoms with Gasteiger partial charge in [-0.15, -0.1) is 0 Å². The highest BCUT2D eigenvalue weighted by atomic mass is 16.5. The fourth-order valence-electron chi connectivity index (χ4n) is 3.43. The van der Waals surface area contributed by atoms with Crippen molar-refractivity contribution in [3.05, 3.63) is 53.5 Å². The zero-order valence-corrected chi connectivity index (χ0v) is 14.1. The summed E-state index contributed by atoms with van der Waals surface area (Å²) in [5, 5.41) is 3.25. The summed E-state index contributed by atoms with van der Waals surface area (Å²) in [7, 11) is 0. The Kier molecular flexibility index (Phi) is 4.61. The van der Waals surface area contributed by atoms with Gasteiger partial charge >= 0.3 is 0 Å². The summed E-state index contributed by atoms with van der Waals surface area (Å²) < 4.78 is 5.60. The molecule has 1 saturated heterocycles. The third-order valence-corrected chi connectivity index (χ3v) is 4.84. The Labute approximate surface area is 147 Å². The van der Waals surface area contributed by atoms with Crippen LogP contribution in [0.5, 0.6) is 0 Å². The van der Waals surface area contributed by atoms with Crippen LogP contribution in [0, 0.1) is 0 Å². The highest BCUT2D eigenvalue weighted by Gasteiger charge is 2.23. The SMILES string of the molecule is O=C(c1cc(NCC2CCCO2)ncn1)N1CCc2ccccc2C1. The van der Waals surface area contributed by atoms with E-state index in [-0.39, 0.29) is 12.0 Å². The number of anilines is 1. The largest absolute Gasteiger partial charge is 0.376 e. The van der Waals surface area contributed by atoms with Gasteiger partial charge in [-0.1, -0.05) is 24.3 Å². The molecule has 1 aromatic heterocycles. The molecular formula is C19H22N4O2. The third kappa shape index (κ3) is 3.64. The average molecular weight is 338 g/mol. The number of rotatable bonds is 4. The van der Waals surface area contributed by atoms with Gasteiger partial charge in [-0.25, -0.2) is 9.97 Å². The van der Waals surface area contributed by atoms with E-state index in [9.17, 15) is 4.79 Å². The summed E-state index contributed by atoms with van der Waals surface area (Å²) in [4.78, 5) is 23.1. The standard InChI is InChI=1S/C19H22N4O2/c24-19(23-8-7-14-4-1-2-5-15(14)12-23)17-10-18(22-13-21-17)20-11-16-6-3-9-25-16/h1-2,4-5,10,13,16H,3,6-9,11-12H2,(H,20,21,22). The Bertz CT molecular complexity index is 759. The summed E-state index contributed by atoms with van der Waals surface area (Å²) in [6.07, 6.45) is 4.74. The van der Waals surface area contributed by atoms with Crippen molar-refractivity contribution in [3.8, 4) is 0 Å². The molecule has 6 nitrogen and oxygen atoms in total. The topological polar surface area (TPSA) is 67.3 Å².